The fourth-order valence-corrected chi connectivity index (χ4v) is 3.69. The fraction of sp³-hybridized carbons (Fsp3) is 0.273. The summed E-state index contributed by atoms with van der Waals surface area (Å²) in [4.78, 5) is 12.4. The van der Waals surface area contributed by atoms with Crippen LogP contribution in [-0.4, -0.2) is 23.4 Å². The highest BCUT2D eigenvalue weighted by atomic mass is 32.2. The second-order valence-electron chi connectivity index (χ2n) is 7.36. The van der Waals surface area contributed by atoms with E-state index in [0.29, 0.717) is 28.2 Å². The molecule has 0 spiro atoms. The average Bonchev–Trinajstić information content (AvgIpc) is 2.96. The van der Waals surface area contributed by atoms with E-state index in [1.54, 1.807) is 6.08 Å². The van der Waals surface area contributed by atoms with Crippen molar-refractivity contribution in [3.05, 3.63) is 64.6 Å². The van der Waals surface area contributed by atoms with E-state index in [9.17, 15) is 4.79 Å². The molecule has 0 unspecified atom stereocenters. The SMILES string of the molecule is CC(C)(C)c1ccc(OCCOc2ccccc2C=C2SC(=S)NC2=O)cc1. The Balaban J connectivity index is 1.56. The van der Waals surface area contributed by atoms with Gasteiger partial charge in [-0.25, -0.2) is 0 Å². The average molecular weight is 414 g/mol. The molecule has 0 aromatic heterocycles. The summed E-state index contributed by atoms with van der Waals surface area (Å²) in [7, 11) is 0. The minimum Gasteiger partial charge on any atom is -0.490 e. The largest absolute Gasteiger partial charge is 0.490 e. The van der Waals surface area contributed by atoms with Crippen molar-refractivity contribution >= 4 is 40.3 Å². The van der Waals surface area contributed by atoms with E-state index in [2.05, 4.69) is 38.2 Å². The van der Waals surface area contributed by atoms with Crippen LogP contribution >= 0.6 is 24.0 Å². The quantitative estimate of drug-likeness (QED) is 0.413. The Morgan fingerprint density at radius 2 is 1.71 bits per heavy atom. The van der Waals surface area contributed by atoms with E-state index < -0.39 is 0 Å². The molecule has 1 N–H and O–H groups in total. The molecule has 4 nitrogen and oxygen atoms in total. The number of para-hydroxylation sites is 1. The van der Waals surface area contributed by atoms with Gasteiger partial charge in [0.25, 0.3) is 5.91 Å². The number of carbonyl (C=O) groups excluding carboxylic acids is 1. The van der Waals surface area contributed by atoms with Crippen molar-refractivity contribution in [1.29, 1.82) is 0 Å². The van der Waals surface area contributed by atoms with Crippen molar-refractivity contribution < 1.29 is 14.3 Å². The Morgan fingerprint density at radius 1 is 1.04 bits per heavy atom. The van der Waals surface area contributed by atoms with Crippen LogP contribution in [-0.2, 0) is 10.2 Å². The highest BCUT2D eigenvalue weighted by Gasteiger charge is 2.22. The van der Waals surface area contributed by atoms with Crippen molar-refractivity contribution in [1.82, 2.24) is 5.32 Å². The zero-order chi connectivity index (χ0) is 20.1. The zero-order valence-corrected chi connectivity index (χ0v) is 17.8. The number of carbonyl (C=O) groups is 1. The van der Waals surface area contributed by atoms with E-state index >= 15 is 0 Å². The lowest BCUT2D eigenvalue weighted by atomic mass is 9.87. The van der Waals surface area contributed by atoms with Gasteiger partial charge in [0.15, 0.2) is 0 Å². The molecule has 2 aromatic rings. The molecule has 1 aliphatic heterocycles. The highest BCUT2D eigenvalue weighted by Crippen LogP contribution is 2.29. The van der Waals surface area contributed by atoms with E-state index in [0.717, 1.165) is 11.3 Å². The summed E-state index contributed by atoms with van der Waals surface area (Å²) in [6.07, 6.45) is 1.79. The number of hydrogen-bond donors (Lipinski definition) is 1. The zero-order valence-electron chi connectivity index (χ0n) is 16.2. The number of nitrogens with one attached hydrogen (secondary N) is 1. The Labute approximate surface area is 175 Å². The van der Waals surface area contributed by atoms with Crippen molar-refractivity contribution in [2.45, 2.75) is 26.2 Å². The Hall–Kier alpha value is -2.31. The van der Waals surface area contributed by atoms with Crippen LogP contribution in [0.2, 0.25) is 0 Å². The molecular formula is C22H23NO3S2. The highest BCUT2D eigenvalue weighted by molar-refractivity contribution is 8.26. The summed E-state index contributed by atoms with van der Waals surface area (Å²) in [5.41, 5.74) is 2.23. The minimum atomic E-state index is -0.174. The number of hydrogen-bond acceptors (Lipinski definition) is 5. The van der Waals surface area contributed by atoms with Crippen LogP contribution in [0.15, 0.2) is 53.4 Å². The molecule has 28 heavy (non-hydrogen) atoms. The van der Waals surface area contributed by atoms with Crippen LogP contribution in [0.3, 0.4) is 0 Å². The molecular weight excluding hydrogens is 390 g/mol. The molecule has 0 saturated carbocycles. The lowest BCUT2D eigenvalue weighted by Gasteiger charge is -2.19. The van der Waals surface area contributed by atoms with Crippen LogP contribution in [0.4, 0.5) is 0 Å². The summed E-state index contributed by atoms with van der Waals surface area (Å²) in [6, 6.07) is 15.7. The molecule has 0 atom stereocenters. The molecule has 3 rings (SSSR count). The Kier molecular flexibility index (Phi) is 6.42. The van der Waals surface area contributed by atoms with Gasteiger partial charge in [-0.2, -0.15) is 0 Å². The lowest BCUT2D eigenvalue weighted by Crippen LogP contribution is -2.17. The number of benzene rings is 2. The number of rotatable bonds is 6. The molecule has 1 aliphatic rings. The van der Waals surface area contributed by atoms with E-state index in [4.69, 9.17) is 21.7 Å². The minimum absolute atomic E-state index is 0.123. The second-order valence-corrected chi connectivity index (χ2v) is 9.08. The lowest BCUT2D eigenvalue weighted by molar-refractivity contribution is -0.115. The van der Waals surface area contributed by atoms with Gasteiger partial charge in [-0.3, -0.25) is 4.79 Å². The van der Waals surface area contributed by atoms with Crippen molar-refractivity contribution in [3.63, 3.8) is 0 Å². The van der Waals surface area contributed by atoms with Gasteiger partial charge >= 0.3 is 0 Å². The smallest absolute Gasteiger partial charge is 0.263 e. The van der Waals surface area contributed by atoms with Crippen LogP contribution in [0.25, 0.3) is 6.08 Å². The summed E-state index contributed by atoms with van der Waals surface area (Å²) in [6.45, 7) is 7.39. The van der Waals surface area contributed by atoms with Gasteiger partial charge < -0.3 is 14.8 Å². The molecule has 0 bridgehead atoms. The van der Waals surface area contributed by atoms with Crippen molar-refractivity contribution in [2.24, 2.45) is 0 Å². The van der Waals surface area contributed by atoms with Crippen LogP contribution < -0.4 is 14.8 Å². The van der Waals surface area contributed by atoms with E-state index in [-0.39, 0.29) is 11.3 Å². The molecule has 1 heterocycles. The number of ether oxygens (including phenoxy) is 2. The predicted octanol–water partition coefficient (Wildman–Crippen LogP) is 4.93. The van der Waals surface area contributed by atoms with Crippen LogP contribution in [0.5, 0.6) is 11.5 Å². The first-order valence-electron chi connectivity index (χ1n) is 9.03. The third-order valence-corrected chi connectivity index (χ3v) is 5.34. The molecule has 2 aromatic carbocycles. The maximum atomic E-state index is 11.9. The van der Waals surface area contributed by atoms with Gasteiger partial charge in [0.05, 0.1) is 4.91 Å². The van der Waals surface area contributed by atoms with Crippen LogP contribution in [0, 0.1) is 0 Å². The number of thiocarbonyl (C=S) groups is 1. The van der Waals surface area contributed by atoms with Gasteiger partial charge in [0, 0.05) is 5.56 Å². The van der Waals surface area contributed by atoms with Gasteiger partial charge in [0.1, 0.15) is 29.0 Å². The molecule has 146 valence electrons. The maximum absolute atomic E-state index is 11.9. The van der Waals surface area contributed by atoms with Crippen molar-refractivity contribution in [3.8, 4) is 11.5 Å². The summed E-state index contributed by atoms with van der Waals surface area (Å²) < 4.78 is 12.1. The van der Waals surface area contributed by atoms with E-state index in [1.807, 2.05) is 36.4 Å². The normalized spacial score (nSPS) is 15.6. The summed E-state index contributed by atoms with van der Waals surface area (Å²) in [5, 5.41) is 2.62. The number of amides is 1. The van der Waals surface area contributed by atoms with E-state index in [1.165, 1.54) is 17.3 Å². The third kappa shape index (κ3) is 5.36. The second kappa shape index (κ2) is 8.80. The molecule has 0 radical (unpaired) electrons. The number of thioether (sulfide) groups is 1. The Morgan fingerprint density at radius 3 is 2.36 bits per heavy atom. The van der Waals surface area contributed by atoms with Crippen LogP contribution in [0.1, 0.15) is 31.9 Å². The van der Waals surface area contributed by atoms with Gasteiger partial charge in [-0.05, 0) is 35.3 Å². The first-order valence-corrected chi connectivity index (χ1v) is 10.3. The summed E-state index contributed by atoms with van der Waals surface area (Å²) >= 11 is 6.28. The monoisotopic (exact) mass is 413 g/mol. The third-order valence-electron chi connectivity index (χ3n) is 4.18. The molecule has 6 heteroatoms. The fourth-order valence-electron chi connectivity index (χ4n) is 2.66. The molecule has 1 fully saturated rings. The van der Waals surface area contributed by atoms with Gasteiger partial charge in [-0.1, -0.05) is 75.1 Å². The Bertz CT molecular complexity index is 899. The topological polar surface area (TPSA) is 47.6 Å². The first-order chi connectivity index (χ1) is 13.3. The molecule has 0 aliphatic carbocycles. The molecule has 1 saturated heterocycles. The van der Waals surface area contributed by atoms with Crippen molar-refractivity contribution in [2.75, 3.05) is 13.2 Å². The first kappa shape index (κ1) is 20.4. The predicted molar refractivity (Wildman–Crippen MR) is 119 cm³/mol. The maximum Gasteiger partial charge on any atom is 0.263 e. The van der Waals surface area contributed by atoms with Gasteiger partial charge in [0.2, 0.25) is 0 Å². The summed E-state index contributed by atoms with van der Waals surface area (Å²) in [5.74, 6) is 1.35. The molecule has 1 amide bonds. The standard InChI is InChI=1S/C22H23NO3S2/c1-22(2,3)16-8-10-17(11-9-16)25-12-13-26-18-7-5-4-6-15(18)14-19-20(24)23-21(27)28-19/h4-11,14H,12-13H2,1-3H3,(H,23,24,27). The van der Waals surface area contributed by atoms with Gasteiger partial charge in [-0.15, -0.1) is 0 Å².